The predicted octanol–water partition coefficient (Wildman–Crippen LogP) is 2.03. The van der Waals surface area contributed by atoms with Crippen molar-refractivity contribution in [1.29, 1.82) is 0 Å². The van der Waals surface area contributed by atoms with Crippen molar-refractivity contribution < 1.29 is 9.47 Å². The molecule has 0 amide bonds. The maximum absolute atomic E-state index is 5.60. The molecule has 0 bridgehead atoms. The molecule has 0 spiro atoms. The first-order chi connectivity index (χ1) is 13.8. The van der Waals surface area contributed by atoms with Gasteiger partial charge in [0, 0.05) is 39.8 Å². The van der Waals surface area contributed by atoms with Crippen LogP contribution in [0.25, 0.3) is 0 Å². The summed E-state index contributed by atoms with van der Waals surface area (Å²) in [5.41, 5.74) is 1.16. The number of piperazine rings is 1. The third-order valence-electron chi connectivity index (χ3n) is 4.98. The Kier molecular flexibility index (Phi) is 9.53. The van der Waals surface area contributed by atoms with Crippen molar-refractivity contribution in [2.75, 3.05) is 53.0 Å². The molecule has 0 saturated carbocycles. The van der Waals surface area contributed by atoms with Gasteiger partial charge in [-0.25, -0.2) is 4.68 Å². The van der Waals surface area contributed by atoms with Crippen LogP contribution in [0.5, 0.6) is 5.75 Å². The number of tetrazole rings is 1. The van der Waals surface area contributed by atoms with Crippen LogP contribution in [0.15, 0.2) is 36.9 Å². The summed E-state index contributed by atoms with van der Waals surface area (Å²) in [7, 11) is 1.69. The number of ether oxygens (including phenoxy) is 2. The summed E-state index contributed by atoms with van der Waals surface area (Å²) in [5, 5.41) is 12.5. The van der Waals surface area contributed by atoms with Gasteiger partial charge in [0.2, 0.25) is 0 Å². The topological polar surface area (TPSA) is 68.5 Å². The van der Waals surface area contributed by atoms with Crippen LogP contribution >= 0.6 is 12.4 Å². The Labute approximate surface area is 178 Å². The zero-order chi connectivity index (χ0) is 19.8. The maximum Gasteiger partial charge on any atom is 0.173 e. The first-order valence-corrected chi connectivity index (χ1v) is 9.81. The van der Waals surface area contributed by atoms with E-state index in [2.05, 4.69) is 44.0 Å². The van der Waals surface area contributed by atoms with Gasteiger partial charge in [-0.3, -0.25) is 9.80 Å². The third kappa shape index (κ3) is 5.99. The van der Waals surface area contributed by atoms with Crippen LogP contribution < -0.4 is 4.74 Å². The number of halogens is 1. The van der Waals surface area contributed by atoms with Gasteiger partial charge in [-0.15, -0.1) is 24.1 Å². The van der Waals surface area contributed by atoms with Crippen molar-refractivity contribution in [2.45, 2.75) is 19.5 Å². The predicted molar refractivity (Wildman–Crippen MR) is 115 cm³/mol. The molecular formula is C20H31ClN6O2. The van der Waals surface area contributed by atoms with Gasteiger partial charge in [-0.2, -0.15) is 0 Å². The van der Waals surface area contributed by atoms with Crippen LogP contribution in [0, 0.1) is 0 Å². The Morgan fingerprint density at radius 1 is 1.17 bits per heavy atom. The van der Waals surface area contributed by atoms with Crippen molar-refractivity contribution in [3.05, 3.63) is 48.3 Å². The minimum Gasteiger partial charge on any atom is -0.494 e. The van der Waals surface area contributed by atoms with Crippen LogP contribution in [-0.4, -0.2) is 83.1 Å². The van der Waals surface area contributed by atoms with Gasteiger partial charge in [-0.05, 0) is 35.0 Å². The van der Waals surface area contributed by atoms with Crippen LogP contribution in [0.4, 0.5) is 0 Å². The lowest BCUT2D eigenvalue weighted by Crippen LogP contribution is -2.48. The average Bonchev–Trinajstić information content (AvgIpc) is 3.18. The monoisotopic (exact) mass is 422 g/mol. The summed E-state index contributed by atoms with van der Waals surface area (Å²) in [5.74, 6) is 1.72. The summed E-state index contributed by atoms with van der Waals surface area (Å²) in [4.78, 5) is 4.86. The van der Waals surface area contributed by atoms with Gasteiger partial charge in [0.1, 0.15) is 5.75 Å². The van der Waals surface area contributed by atoms with E-state index in [9.17, 15) is 0 Å². The number of benzene rings is 1. The molecular weight excluding hydrogens is 392 g/mol. The molecule has 9 heteroatoms. The van der Waals surface area contributed by atoms with Crippen LogP contribution in [0.2, 0.25) is 0 Å². The molecule has 1 unspecified atom stereocenters. The second kappa shape index (κ2) is 11.9. The highest BCUT2D eigenvalue weighted by Gasteiger charge is 2.30. The molecule has 1 aromatic carbocycles. The van der Waals surface area contributed by atoms with E-state index in [1.165, 1.54) is 0 Å². The lowest BCUT2D eigenvalue weighted by atomic mass is 10.0. The molecule has 29 heavy (non-hydrogen) atoms. The number of aromatic nitrogens is 4. The van der Waals surface area contributed by atoms with Gasteiger partial charge in [-0.1, -0.05) is 18.2 Å². The van der Waals surface area contributed by atoms with Crippen molar-refractivity contribution in [3.8, 4) is 5.75 Å². The lowest BCUT2D eigenvalue weighted by molar-refractivity contribution is 0.111. The smallest absolute Gasteiger partial charge is 0.173 e. The quantitative estimate of drug-likeness (QED) is 0.542. The number of hydrogen-bond acceptors (Lipinski definition) is 7. The summed E-state index contributed by atoms with van der Waals surface area (Å²) < 4.78 is 12.7. The molecule has 1 aliphatic heterocycles. The van der Waals surface area contributed by atoms with E-state index in [1.807, 2.05) is 29.8 Å². The third-order valence-corrected chi connectivity index (χ3v) is 4.98. The van der Waals surface area contributed by atoms with Crippen molar-refractivity contribution in [1.82, 2.24) is 30.0 Å². The molecule has 0 radical (unpaired) electrons. The van der Waals surface area contributed by atoms with E-state index in [0.29, 0.717) is 19.8 Å². The Balaban J connectivity index is 0.00000300. The number of hydrogen-bond donors (Lipinski definition) is 0. The molecule has 1 saturated heterocycles. The van der Waals surface area contributed by atoms with Crippen molar-refractivity contribution in [2.24, 2.45) is 0 Å². The van der Waals surface area contributed by atoms with E-state index in [0.717, 1.165) is 49.9 Å². The maximum atomic E-state index is 5.60. The van der Waals surface area contributed by atoms with Crippen LogP contribution in [0.3, 0.4) is 0 Å². The Hall–Kier alpha value is -2.00. The zero-order valence-electron chi connectivity index (χ0n) is 17.2. The molecule has 160 valence electrons. The first kappa shape index (κ1) is 23.3. The van der Waals surface area contributed by atoms with Gasteiger partial charge in [0.05, 0.1) is 25.8 Å². The number of rotatable bonds is 10. The van der Waals surface area contributed by atoms with Crippen molar-refractivity contribution >= 4 is 12.4 Å². The van der Waals surface area contributed by atoms with E-state index >= 15 is 0 Å². The van der Waals surface area contributed by atoms with E-state index in [4.69, 9.17) is 9.47 Å². The SMILES string of the molecule is C=CCN1CCN(C(c2ccc(OCC)cc2)c2nnnn2CCOC)CC1.Cl. The average molecular weight is 423 g/mol. The molecule has 1 atom stereocenters. The fourth-order valence-corrected chi connectivity index (χ4v) is 3.57. The highest BCUT2D eigenvalue weighted by atomic mass is 35.5. The second-order valence-electron chi connectivity index (χ2n) is 6.78. The van der Waals surface area contributed by atoms with Gasteiger partial charge < -0.3 is 9.47 Å². The summed E-state index contributed by atoms with van der Waals surface area (Å²) >= 11 is 0. The Bertz CT molecular complexity index is 731. The summed E-state index contributed by atoms with van der Waals surface area (Å²) in [6.07, 6.45) is 1.96. The fraction of sp³-hybridized carbons (Fsp3) is 0.550. The molecule has 1 aromatic heterocycles. The van der Waals surface area contributed by atoms with E-state index in [1.54, 1.807) is 7.11 Å². The van der Waals surface area contributed by atoms with Gasteiger partial charge in [0.25, 0.3) is 0 Å². The first-order valence-electron chi connectivity index (χ1n) is 9.81. The second-order valence-corrected chi connectivity index (χ2v) is 6.78. The normalized spacial score (nSPS) is 16.2. The van der Waals surface area contributed by atoms with Gasteiger partial charge in [0.15, 0.2) is 5.82 Å². The molecule has 3 rings (SSSR count). The largest absolute Gasteiger partial charge is 0.494 e. The Morgan fingerprint density at radius 3 is 2.52 bits per heavy atom. The number of nitrogens with zero attached hydrogens (tertiary/aromatic N) is 6. The highest BCUT2D eigenvalue weighted by Crippen LogP contribution is 2.29. The van der Waals surface area contributed by atoms with E-state index in [-0.39, 0.29) is 18.4 Å². The minimum absolute atomic E-state index is 0. The summed E-state index contributed by atoms with van der Waals surface area (Å²) in [6.45, 7) is 12.5. The van der Waals surface area contributed by atoms with Gasteiger partial charge >= 0.3 is 0 Å². The van der Waals surface area contributed by atoms with Crippen LogP contribution in [-0.2, 0) is 11.3 Å². The summed E-state index contributed by atoms with van der Waals surface area (Å²) in [6, 6.07) is 8.25. The number of methoxy groups -OCH3 is 1. The molecule has 8 nitrogen and oxygen atoms in total. The molecule has 0 aliphatic carbocycles. The molecule has 2 aromatic rings. The van der Waals surface area contributed by atoms with Crippen LogP contribution in [0.1, 0.15) is 24.4 Å². The fourth-order valence-electron chi connectivity index (χ4n) is 3.57. The molecule has 1 aliphatic rings. The molecule has 1 fully saturated rings. The molecule has 0 N–H and O–H groups in total. The Morgan fingerprint density at radius 2 is 1.90 bits per heavy atom. The standard InChI is InChI=1S/C20H30N6O2.ClH/c1-4-10-24-11-13-25(14-12-24)19(17-6-8-18(9-7-17)28-5-2)20-21-22-23-26(20)15-16-27-3;/h4,6-9,19H,1,5,10-16H2,2-3H3;1H. The van der Waals surface area contributed by atoms with Crippen molar-refractivity contribution in [3.63, 3.8) is 0 Å². The zero-order valence-corrected chi connectivity index (χ0v) is 18.1. The minimum atomic E-state index is -0.00610. The highest BCUT2D eigenvalue weighted by molar-refractivity contribution is 5.85. The lowest BCUT2D eigenvalue weighted by Gasteiger charge is -2.38. The van der Waals surface area contributed by atoms with E-state index < -0.39 is 0 Å². The molecule has 2 heterocycles.